The van der Waals surface area contributed by atoms with E-state index in [1.807, 2.05) is 21.8 Å². The molecule has 0 amide bonds. The van der Waals surface area contributed by atoms with Crippen LogP contribution in [-0.2, 0) is 26.3 Å². The molecule has 0 aliphatic heterocycles. The first-order valence-corrected chi connectivity index (χ1v) is 50.6. The monoisotopic (exact) mass is 1750 g/mol. The summed E-state index contributed by atoms with van der Waals surface area (Å²) >= 11 is 0. The van der Waals surface area contributed by atoms with Gasteiger partial charge in [-0.25, -0.2) is 9.36 Å². The Morgan fingerprint density at radius 3 is 0.484 bits per heavy atom. The first-order chi connectivity index (χ1) is 63.1. The quantitative estimate of drug-likeness (QED) is 0.0260. The second-order valence-corrected chi connectivity index (χ2v) is 35.4. The van der Waals surface area contributed by atoms with Crippen LogP contribution in [-0.4, -0.2) is 96.1 Å². The Labute approximate surface area is 766 Å². The van der Waals surface area contributed by atoms with Crippen LogP contribution >= 0.6 is 0 Å². The minimum atomic E-state index is 0.175. The molecule has 0 saturated heterocycles. The second-order valence-electron chi connectivity index (χ2n) is 35.4. The summed E-state index contributed by atoms with van der Waals surface area (Å²) in [7, 11) is 0. The Bertz CT molecular complexity index is 4650. The minimum Gasteiger partial charge on any atom is -0.490 e. The summed E-state index contributed by atoms with van der Waals surface area (Å²) in [6.07, 6.45) is 47.9. The molecule has 0 spiro atoms. The Morgan fingerprint density at radius 1 is 0.188 bits per heavy atom. The summed E-state index contributed by atoms with van der Waals surface area (Å²) in [6.45, 7) is 29.8. The van der Waals surface area contributed by atoms with E-state index >= 15 is 0 Å². The van der Waals surface area contributed by atoms with Crippen LogP contribution in [0.2, 0.25) is 0 Å². The molecule has 0 aliphatic rings. The largest absolute Gasteiger partial charge is 0.490 e. The third kappa shape index (κ3) is 30.3. The smallest absolute Gasteiger partial charge is 0.162 e. The van der Waals surface area contributed by atoms with E-state index in [2.05, 4.69) is 177 Å². The Balaban J connectivity index is 0.861. The van der Waals surface area contributed by atoms with Crippen LogP contribution in [0.25, 0.3) is 64.6 Å². The molecule has 0 unspecified atom stereocenters. The molecular weight excluding hydrogens is 1600 g/mol. The average Bonchev–Trinajstić information content (AvgIpc) is 1.64. The Hall–Kier alpha value is -9.58. The van der Waals surface area contributed by atoms with E-state index in [0.717, 1.165) is 327 Å². The number of hydrogen-bond acceptors (Lipinski definition) is 16. The number of aromatic nitrogens is 6. The molecule has 18 nitrogen and oxygen atoms in total. The molecule has 2 aromatic heterocycles. The zero-order valence-electron chi connectivity index (χ0n) is 80.2. The molecule has 0 fully saturated rings. The molecule has 18 heteroatoms. The van der Waals surface area contributed by atoms with Gasteiger partial charge in [0.2, 0.25) is 0 Å². The van der Waals surface area contributed by atoms with Crippen LogP contribution in [0.3, 0.4) is 0 Å². The van der Waals surface area contributed by atoms with Crippen LogP contribution in [0.1, 0.15) is 349 Å². The Kier molecular flexibility index (Phi) is 43.4. The van der Waals surface area contributed by atoms with E-state index in [1.54, 1.807) is 0 Å². The van der Waals surface area contributed by atoms with Crippen molar-refractivity contribution in [1.82, 2.24) is 30.0 Å². The zero-order valence-corrected chi connectivity index (χ0v) is 80.2. The maximum absolute atomic E-state index is 6.96. The molecule has 0 atom stereocenters. The number of hydrogen-bond donors (Lipinski definition) is 0. The van der Waals surface area contributed by atoms with Gasteiger partial charge in [0.25, 0.3) is 0 Å². The van der Waals surface area contributed by atoms with Gasteiger partial charge < -0.3 is 56.8 Å². The van der Waals surface area contributed by atoms with E-state index in [9.17, 15) is 0 Å². The minimum absolute atomic E-state index is 0.175. The van der Waals surface area contributed by atoms with Gasteiger partial charge in [-0.05, 0) is 213 Å². The summed E-state index contributed by atoms with van der Waals surface area (Å²) in [5.41, 5.74) is 3.54. The molecule has 2 heterocycles. The molecule has 0 aliphatic carbocycles. The molecule has 0 bridgehead atoms. The standard InChI is InChI=1S/C110H156N6O12/c1-11-21-31-41-55-117-99-65-87-89-67-101(119-57-43-33-23-13-3)105(123-61-47-37-27-17-7)71-93(89)97-75-109(107(125-63-49-39-29-19-9)73-95(97)91(87)69-103(99)121-59-45-35-25-15-5)127-81-85-79-115(113-111-85)77-83-51-53-84(54-52-83)78-116-80-86(112-114-116)82-128-110-76-98-94-72-106(124-62-48-38-28-18-8)102(120-58-44-34-24-14-4)68-90(94)88-66-100(118-56-42-32-22-12-2)104(122-60-46-36-26-16-6)70-92(88)96(98)74-108(110)126-64-50-40-30-20-10/h51-54,65-76,79-80H,11-50,55-64,77-78,81-82H2,1-10H3. The molecule has 128 heavy (non-hydrogen) atoms. The van der Waals surface area contributed by atoms with Gasteiger partial charge in [-0.2, -0.15) is 0 Å². The van der Waals surface area contributed by atoms with Crippen LogP contribution in [0, 0.1) is 0 Å². The van der Waals surface area contributed by atoms with Gasteiger partial charge in [0.15, 0.2) is 69.0 Å². The van der Waals surface area contributed by atoms with Gasteiger partial charge in [-0.15, -0.1) is 10.2 Å². The molecular formula is C110H156N6O12. The summed E-state index contributed by atoms with van der Waals surface area (Å²) in [5, 5.41) is 31.1. The summed E-state index contributed by atoms with van der Waals surface area (Å²) < 4.78 is 85.7. The number of rotatable bonds is 70. The van der Waals surface area contributed by atoms with Gasteiger partial charge in [-0.3, -0.25) is 0 Å². The van der Waals surface area contributed by atoms with Crippen molar-refractivity contribution >= 4 is 64.6 Å². The van der Waals surface area contributed by atoms with E-state index in [0.29, 0.717) is 114 Å². The van der Waals surface area contributed by atoms with Crippen molar-refractivity contribution in [1.29, 1.82) is 0 Å². The molecule has 0 N–H and O–H groups in total. The highest BCUT2D eigenvalue weighted by Crippen LogP contribution is 2.51. The third-order valence-corrected chi connectivity index (χ3v) is 24.4. The van der Waals surface area contributed by atoms with E-state index < -0.39 is 0 Å². The van der Waals surface area contributed by atoms with Crippen LogP contribution in [0.15, 0.2) is 109 Å². The number of fused-ring (bicyclic) bond motifs is 12. The lowest BCUT2D eigenvalue weighted by molar-refractivity contribution is 0.256. The van der Waals surface area contributed by atoms with Gasteiger partial charge in [0.1, 0.15) is 24.6 Å². The summed E-state index contributed by atoms with van der Waals surface area (Å²) in [4.78, 5) is 0. The number of nitrogens with zero attached hydrogens (tertiary/aromatic N) is 6. The van der Waals surface area contributed by atoms with Crippen molar-refractivity contribution < 1.29 is 56.8 Å². The number of benzene rings is 9. The van der Waals surface area contributed by atoms with E-state index in [1.165, 1.54) is 51.4 Å². The predicted octanol–water partition coefficient (Wildman–Crippen LogP) is 30.6. The first kappa shape index (κ1) is 99.0. The predicted molar refractivity (Wildman–Crippen MR) is 528 cm³/mol. The highest BCUT2D eigenvalue weighted by molar-refractivity contribution is 6.28. The third-order valence-electron chi connectivity index (χ3n) is 24.4. The second kappa shape index (κ2) is 56.1. The van der Waals surface area contributed by atoms with Gasteiger partial charge in [-0.1, -0.05) is 297 Å². The van der Waals surface area contributed by atoms with Crippen molar-refractivity contribution in [3.63, 3.8) is 0 Å². The van der Waals surface area contributed by atoms with Crippen LogP contribution in [0.5, 0.6) is 69.0 Å². The maximum atomic E-state index is 6.96. The fourth-order valence-electron chi connectivity index (χ4n) is 16.9. The van der Waals surface area contributed by atoms with Crippen molar-refractivity contribution in [2.75, 3.05) is 66.1 Å². The maximum Gasteiger partial charge on any atom is 0.162 e. The lowest BCUT2D eigenvalue weighted by Crippen LogP contribution is -2.05. The average molecular weight is 1750 g/mol. The Morgan fingerprint density at radius 2 is 0.336 bits per heavy atom. The topological polar surface area (TPSA) is 172 Å². The molecule has 0 saturated carbocycles. The van der Waals surface area contributed by atoms with E-state index in [4.69, 9.17) is 67.0 Å². The van der Waals surface area contributed by atoms with Crippen molar-refractivity contribution in [3.05, 3.63) is 132 Å². The lowest BCUT2D eigenvalue weighted by Gasteiger charge is -2.20. The lowest BCUT2D eigenvalue weighted by atomic mass is 9.93. The number of unbranched alkanes of at least 4 members (excludes halogenated alkanes) is 30. The fraction of sp³-hybridized carbons (Fsp3) is 0.582. The first-order valence-electron chi connectivity index (χ1n) is 50.6. The van der Waals surface area contributed by atoms with Crippen molar-refractivity contribution in [2.24, 2.45) is 0 Å². The van der Waals surface area contributed by atoms with E-state index in [-0.39, 0.29) is 13.2 Å². The zero-order chi connectivity index (χ0) is 89.5. The summed E-state index contributed by atoms with van der Waals surface area (Å²) in [5.74, 6) is 8.68. The molecule has 11 aromatic rings. The van der Waals surface area contributed by atoms with Gasteiger partial charge in [0, 0.05) is 0 Å². The normalized spacial score (nSPS) is 11.6. The van der Waals surface area contributed by atoms with Crippen LogP contribution in [0.4, 0.5) is 0 Å². The van der Waals surface area contributed by atoms with Crippen LogP contribution < -0.4 is 56.8 Å². The highest BCUT2D eigenvalue weighted by atomic mass is 16.5. The van der Waals surface area contributed by atoms with Gasteiger partial charge >= 0.3 is 0 Å². The molecule has 0 radical (unpaired) electrons. The molecule has 698 valence electrons. The molecule has 11 rings (SSSR count). The molecule has 9 aromatic carbocycles. The van der Waals surface area contributed by atoms with Crippen molar-refractivity contribution in [3.8, 4) is 69.0 Å². The summed E-state index contributed by atoms with van der Waals surface area (Å²) in [6, 6.07) is 35.0. The van der Waals surface area contributed by atoms with Gasteiger partial charge in [0.05, 0.1) is 91.6 Å². The SMILES string of the molecule is CCCCCCOc1cc2c3cc(OCCCCCC)c(OCCCCCC)cc3c3cc(OCc4cn(Cc5ccc(Cn6cc(COc7cc8c9cc(OCCCCCC)c(OCCCCCC)cc9c9cc(OCCCCCC)c(OCCCCCC)cc9c8cc7OCCCCCC)nn6)cc5)nn4)c(OCCCCCC)cc3c2cc1OCCCCCC. The number of ether oxygens (including phenoxy) is 12. The fourth-order valence-corrected chi connectivity index (χ4v) is 16.9. The highest BCUT2D eigenvalue weighted by Gasteiger charge is 2.25. The van der Waals surface area contributed by atoms with Crippen molar-refractivity contribution in [2.45, 2.75) is 352 Å².